The molecule has 214 valence electrons. The number of benzene rings is 1. The zero-order valence-corrected chi connectivity index (χ0v) is 24.0. The Morgan fingerprint density at radius 2 is 1.75 bits per heavy atom. The number of amides is 1. The van der Waals surface area contributed by atoms with Gasteiger partial charge in [0.25, 0.3) is 5.91 Å². The van der Waals surface area contributed by atoms with Crippen molar-refractivity contribution in [1.82, 2.24) is 30.1 Å². The number of piperazine rings is 1. The van der Waals surface area contributed by atoms with E-state index in [1.54, 1.807) is 5.01 Å². The predicted molar refractivity (Wildman–Crippen MR) is 154 cm³/mol. The fourth-order valence-electron chi connectivity index (χ4n) is 5.77. The molecule has 3 fully saturated rings. The van der Waals surface area contributed by atoms with Crippen LogP contribution in [0.1, 0.15) is 47.4 Å². The lowest BCUT2D eigenvalue weighted by atomic mass is 9.96. The van der Waals surface area contributed by atoms with Crippen molar-refractivity contribution in [2.45, 2.75) is 38.3 Å². The van der Waals surface area contributed by atoms with E-state index in [1.807, 2.05) is 30.3 Å². The molecular weight excluding hydrogens is 528 g/mol. The van der Waals surface area contributed by atoms with Crippen molar-refractivity contribution < 1.29 is 9.53 Å². The van der Waals surface area contributed by atoms with E-state index in [-0.39, 0.29) is 22.8 Å². The van der Waals surface area contributed by atoms with Gasteiger partial charge in [-0.3, -0.25) is 20.1 Å². The van der Waals surface area contributed by atoms with Gasteiger partial charge in [-0.15, -0.1) is 0 Å². The van der Waals surface area contributed by atoms with Crippen molar-refractivity contribution in [1.29, 1.82) is 5.26 Å². The molecule has 4 heterocycles. The van der Waals surface area contributed by atoms with E-state index in [2.05, 4.69) is 37.1 Å². The number of nitriles is 1. The first-order valence-corrected chi connectivity index (χ1v) is 14.7. The summed E-state index contributed by atoms with van der Waals surface area (Å²) in [6.45, 7) is 10.1. The van der Waals surface area contributed by atoms with Crippen molar-refractivity contribution in [3.63, 3.8) is 0 Å². The number of hydrogen-bond acceptors (Lipinski definition) is 9. The molecule has 0 saturated carbocycles. The topological polar surface area (TPSA) is 101 Å². The van der Waals surface area contributed by atoms with E-state index in [0.717, 1.165) is 38.6 Å². The van der Waals surface area contributed by atoms with E-state index in [4.69, 9.17) is 16.3 Å². The van der Waals surface area contributed by atoms with Gasteiger partial charge in [-0.25, -0.2) is 4.98 Å². The average Bonchev–Trinajstić information content (AvgIpc) is 2.99. The maximum Gasteiger partial charge on any atom is 0.269 e. The summed E-state index contributed by atoms with van der Waals surface area (Å²) in [6, 6.07) is 9.68. The molecule has 10 nitrogen and oxygen atoms in total. The smallest absolute Gasteiger partial charge is 0.269 e. The molecule has 1 aromatic heterocycles. The number of piperidine rings is 1. The highest BCUT2D eigenvalue weighted by Crippen LogP contribution is 2.27. The van der Waals surface area contributed by atoms with E-state index in [1.165, 1.54) is 44.2 Å². The molecule has 1 N–H and O–H groups in total. The number of ether oxygens (including phenoxy) is 1. The average molecular weight is 567 g/mol. The normalized spacial score (nSPS) is 20.2. The number of hydrazine groups is 1. The fourth-order valence-corrected chi connectivity index (χ4v) is 5.96. The third kappa shape index (κ3) is 7.47. The highest BCUT2D eigenvalue weighted by atomic mass is 35.5. The summed E-state index contributed by atoms with van der Waals surface area (Å²) >= 11 is 6.40. The number of anilines is 1. The molecule has 11 heteroatoms. The van der Waals surface area contributed by atoms with Gasteiger partial charge in [0.1, 0.15) is 11.1 Å². The highest BCUT2D eigenvalue weighted by Gasteiger charge is 2.28. The van der Waals surface area contributed by atoms with Crippen LogP contribution in [-0.4, -0.2) is 103 Å². The minimum absolute atomic E-state index is 0.00212. The van der Waals surface area contributed by atoms with Crippen molar-refractivity contribution in [3.05, 3.63) is 52.4 Å². The molecule has 3 aliphatic heterocycles. The molecule has 1 amide bonds. The summed E-state index contributed by atoms with van der Waals surface area (Å²) in [4.78, 5) is 29.1. The van der Waals surface area contributed by atoms with Crippen molar-refractivity contribution in [2.24, 2.45) is 5.92 Å². The quantitative estimate of drug-likeness (QED) is 0.483. The first-order chi connectivity index (χ1) is 19.5. The second-order valence-corrected chi connectivity index (χ2v) is 11.6. The number of hydrogen-bond donors (Lipinski definition) is 1. The summed E-state index contributed by atoms with van der Waals surface area (Å²) in [6.07, 6.45) is 5.43. The number of halogens is 1. The van der Waals surface area contributed by atoms with Crippen LogP contribution in [0.3, 0.4) is 0 Å². The summed E-state index contributed by atoms with van der Waals surface area (Å²) in [5.74, 6) is 0.897. The number of carbonyl (C=O) groups is 1. The van der Waals surface area contributed by atoms with Gasteiger partial charge in [-0.05, 0) is 69.4 Å². The lowest BCUT2D eigenvalue weighted by Gasteiger charge is -2.38. The van der Waals surface area contributed by atoms with E-state index in [9.17, 15) is 10.1 Å². The third-order valence-corrected chi connectivity index (χ3v) is 8.54. The first kappa shape index (κ1) is 28.7. The molecule has 0 unspecified atom stereocenters. The van der Waals surface area contributed by atoms with Crippen molar-refractivity contribution >= 4 is 23.3 Å². The molecule has 0 spiro atoms. The van der Waals surface area contributed by atoms with Crippen LogP contribution in [-0.2, 0) is 11.3 Å². The SMILES string of the molecule is CN1CCC(CN2CCN(Cc3ccc(C(=O)NN(c4nc(C#N)ncc4Cl)C4CCOCC4)cc3)CC2)CC1. The molecule has 0 atom stereocenters. The number of nitrogens with one attached hydrogen (secondary N) is 1. The predicted octanol–water partition coefficient (Wildman–Crippen LogP) is 2.79. The number of carbonyl (C=O) groups excluding carboxylic acids is 1. The summed E-state index contributed by atoms with van der Waals surface area (Å²) < 4.78 is 5.50. The van der Waals surface area contributed by atoms with E-state index in [0.29, 0.717) is 37.4 Å². The van der Waals surface area contributed by atoms with Gasteiger partial charge in [0.15, 0.2) is 5.82 Å². The minimum atomic E-state index is -0.256. The standard InChI is InChI=1S/C29H39ClN8O2/c1-35-10-6-23(7-11-35)21-37-14-12-36(13-15-37)20-22-2-4-24(5-3-22)29(39)34-38(25-8-16-40-17-9-25)28-26(30)19-32-27(18-31)33-28/h2-5,19,23,25H,6-17,20-21H2,1H3,(H,34,39). The summed E-state index contributed by atoms with van der Waals surface area (Å²) in [5.41, 5.74) is 4.73. The molecule has 0 bridgehead atoms. The first-order valence-electron chi connectivity index (χ1n) is 14.3. The van der Waals surface area contributed by atoms with Crippen molar-refractivity contribution in [3.8, 4) is 6.07 Å². The van der Waals surface area contributed by atoms with Gasteiger partial charge < -0.3 is 14.5 Å². The van der Waals surface area contributed by atoms with Gasteiger partial charge >= 0.3 is 0 Å². The van der Waals surface area contributed by atoms with Crippen LogP contribution in [0, 0.1) is 17.2 Å². The number of aromatic nitrogens is 2. The Labute approximate surface area is 241 Å². The van der Waals surface area contributed by atoms with Crippen LogP contribution in [0.25, 0.3) is 0 Å². The minimum Gasteiger partial charge on any atom is -0.381 e. The van der Waals surface area contributed by atoms with Gasteiger partial charge in [0.05, 0.1) is 12.2 Å². The Morgan fingerprint density at radius 3 is 2.42 bits per heavy atom. The summed E-state index contributed by atoms with van der Waals surface area (Å²) in [7, 11) is 2.22. The number of likely N-dealkylation sites (tertiary alicyclic amines) is 1. The molecule has 2 aromatic rings. The maximum absolute atomic E-state index is 13.3. The zero-order chi connectivity index (χ0) is 27.9. The Balaban J connectivity index is 1.16. The fraction of sp³-hybridized carbons (Fsp3) is 0.586. The van der Waals surface area contributed by atoms with E-state index >= 15 is 0 Å². The third-order valence-electron chi connectivity index (χ3n) is 8.27. The number of nitrogens with zero attached hydrogens (tertiary/aromatic N) is 7. The number of rotatable bonds is 8. The second-order valence-electron chi connectivity index (χ2n) is 11.2. The Morgan fingerprint density at radius 1 is 1.07 bits per heavy atom. The molecule has 0 radical (unpaired) electrons. The second kappa shape index (κ2) is 13.7. The van der Waals surface area contributed by atoms with Crippen LogP contribution >= 0.6 is 11.6 Å². The van der Waals surface area contributed by atoms with Crippen molar-refractivity contribution in [2.75, 3.05) is 71.1 Å². The maximum atomic E-state index is 13.3. The lowest BCUT2D eigenvalue weighted by molar-refractivity contribution is 0.0775. The van der Waals surface area contributed by atoms with Gasteiger partial charge in [-0.2, -0.15) is 10.2 Å². The molecule has 5 rings (SSSR count). The van der Waals surface area contributed by atoms with Gasteiger partial charge in [-0.1, -0.05) is 23.7 Å². The Bertz CT molecular complexity index is 1170. The molecule has 3 aliphatic rings. The van der Waals surface area contributed by atoms with Crippen LogP contribution < -0.4 is 10.4 Å². The molecule has 0 aliphatic carbocycles. The molecule has 40 heavy (non-hydrogen) atoms. The lowest BCUT2D eigenvalue weighted by Crippen LogP contribution is -2.51. The Hall–Kier alpha value is -2.81. The Kier molecular flexibility index (Phi) is 9.83. The van der Waals surface area contributed by atoms with E-state index < -0.39 is 0 Å². The van der Waals surface area contributed by atoms with Crippen LogP contribution in [0.5, 0.6) is 0 Å². The molecule has 1 aromatic carbocycles. The zero-order valence-electron chi connectivity index (χ0n) is 23.3. The van der Waals surface area contributed by atoms with Crippen LogP contribution in [0.15, 0.2) is 30.5 Å². The van der Waals surface area contributed by atoms with Crippen LogP contribution in [0.4, 0.5) is 5.82 Å². The van der Waals surface area contributed by atoms with Gasteiger partial charge in [0.2, 0.25) is 5.82 Å². The molecular formula is C29H39ClN8O2. The van der Waals surface area contributed by atoms with Crippen LogP contribution in [0.2, 0.25) is 5.02 Å². The highest BCUT2D eigenvalue weighted by molar-refractivity contribution is 6.32. The van der Waals surface area contributed by atoms with Gasteiger partial charge in [0, 0.05) is 58.0 Å². The molecule has 3 saturated heterocycles. The summed E-state index contributed by atoms with van der Waals surface area (Å²) in [5, 5.41) is 11.2. The largest absolute Gasteiger partial charge is 0.381 e. The monoisotopic (exact) mass is 566 g/mol.